The van der Waals surface area contributed by atoms with Crippen LogP contribution in [0, 0.1) is 0 Å². The Bertz CT molecular complexity index is 526. The highest BCUT2D eigenvalue weighted by molar-refractivity contribution is 6.07. The first kappa shape index (κ1) is 11.4. The average Bonchev–Trinajstić information content (AvgIpc) is 2.75. The lowest BCUT2D eigenvalue weighted by Gasteiger charge is -2.12. The first-order valence-corrected chi connectivity index (χ1v) is 5.39. The molecule has 1 aromatic carbocycles. The van der Waals surface area contributed by atoms with Crippen molar-refractivity contribution in [2.45, 2.75) is 0 Å². The number of carbonyl (C=O) groups excluding carboxylic acids is 1. The quantitative estimate of drug-likeness (QED) is 0.752. The van der Waals surface area contributed by atoms with Crippen molar-refractivity contribution in [1.82, 2.24) is 9.78 Å². The van der Waals surface area contributed by atoms with Gasteiger partial charge in [-0.2, -0.15) is 5.10 Å². The maximum absolute atomic E-state index is 12.1. The van der Waals surface area contributed by atoms with E-state index in [1.165, 1.54) is 0 Å². The Kier molecular flexibility index (Phi) is 2.95. The van der Waals surface area contributed by atoms with Crippen molar-refractivity contribution < 1.29 is 4.79 Å². The fraction of sp³-hybridized carbons (Fsp3) is 0.231. The summed E-state index contributed by atoms with van der Waals surface area (Å²) in [4.78, 5) is 14.0. The Morgan fingerprint density at radius 2 is 1.82 bits per heavy atom. The molecule has 0 aliphatic rings. The second-order valence-electron chi connectivity index (χ2n) is 4.15. The number of hydrogen-bond donors (Lipinski definition) is 0. The monoisotopic (exact) mass is 229 g/mol. The van der Waals surface area contributed by atoms with Gasteiger partial charge < -0.3 is 4.90 Å². The van der Waals surface area contributed by atoms with Crippen LogP contribution in [0.25, 0.3) is 0 Å². The lowest BCUT2D eigenvalue weighted by molar-refractivity contribution is 0.103. The summed E-state index contributed by atoms with van der Waals surface area (Å²) < 4.78 is 1.63. The second kappa shape index (κ2) is 4.41. The Balaban J connectivity index is 2.26. The third kappa shape index (κ3) is 2.36. The molecular formula is C13H15N3O. The minimum Gasteiger partial charge on any atom is -0.378 e. The van der Waals surface area contributed by atoms with Crippen LogP contribution in [0.5, 0.6) is 0 Å². The lowest BCUT2D eigenvalue weighted by atomic mass is 10.1. The topological polar surface area (TPSA) is 38.1 Å². The maximum Gasteiger partial charge on any atom is 0.213 e. The Morgan fingerprint density at radius 3 is 2.29 bits per heavy atom. The standard InChI is InChI=1S/C13H15N3O/c1-15(2)11-6-4-10(5-7-11)13(17)12-8-9-16(3)14-12/h4-9H,1-3H3. The van der Waals surface area contributed by atoms with E-state index in [-0.39, 0.29) is 5.78 Å². The van der Waals surface area contributed by atoms with Crippen LogP contribution in [0.4, 0.5) is 5.69 Å². The molecule has 0 aliphatic carbocycles. The van der Waals surface area contributed by atoms with Gasteiger partial charge in [-0.05, 0) is 30.3 Å². The van der Waals surface area contributed by atoms with Gasteiger partial charge in [-0.1, -0.05) is 0 Å². The first-order valence-electron chi connectivity index (χ1n) is 5.39. The molecule has 0 fully saturated rings. The summed E-state index contributed by atoms with van der Waals surface area (Å²) in [5.41, 5.74) is 2.21. The van der Waals surface area contributed by atoms with Crippen LogP contribution in [0.1, 0.15) is 16.1 Å². The third-order valence-corrected chi connectivity index (χ3v) is 2.59. The van der Waals surface area contributed by atoms with Gasteiger partial charge in [0.2, 0.25) is 5.78 Å². The van der Waals surface area contributed by atoms with Crippen LogP contribution >= 0.6 is 0 Å². The predicted molar refractivity (Wildman–Crippen MR) is 67.4 cm³/mol. The van der Waals surface area contributed by atoms with Gasteiger partial charge >= 0.3 is 0 Å². The molecule has 17 heavy (non-hydrogen) atoms. The summed E-state index contributed by atoms with van der Waals surface area (Å²) in [6.45, 7) is 0. The minimum atomic E-state index is -0.0455. The van der Waals surface area contributed by atoms with E-state index in [2.05, 4.69) is 5.10 Å². The fourth-order valence-electron chi connectivity index (χ4n) is 1.60. The number of hydrogen-bond acceptors (Lipinski definition) is 3. The summed E-state index contributed by atoms with van der Waals surface area (Å²) in [6, 6.07) is 9.23. The van der Waals surface area contributed by atoms with Crippen molar-refractivity contribution in [3.63, 3.8) is 0 Å². The smallest absolute Gasteiger partial charge is 0.213 e. The highest BCUT2D eigenvalue weighted by Gasteiger charge is 2.11. The van der Waals surface area contributed by atoms with E-state index < -0.39 is 0 Å². The fourth-order valence-corrected chi connectivity index (χ4v) is 1.60. The molecule has 0 saturated carbocycles. The van der Waals surface area contributed by atoms with Crippen LogP contribution in [0.3, 0.4) is 0 Å². The van der Waals surface area contributed by atoms with Gasteiger partial charge in [-0.25, -0.2) is 0 Å². The number of benzene rings is 1. The molecule has 0 amide bonds. The summed E-state index contributed by atoms with van der Waals surface area (Å²) in [6.07, 6.45) is 1.77. The summed E-state index contributed by atoms with van der Waals surface area (Å²) >= 11 is 0. The van der Waals surface area contributed by atoms with Crippen LogP contribution in [0.2, 0.25) is 0 Å². The molecule has 88 valence electrons. The number of rotatable bonds is 3. The zero-order chi connectivity index (χ0) is 12.4. The highest BCUT2D eigenvalue weighted by Crippen LogP contribution is 2.14. The molecule has 0 bridgehead atoms. The van der Waals surface area contributed by atoms with Crippen LogP contribution in [-0.2, 0) is 7.05 Å². The number of carbonyl (C=O) groups is 1. The molecule has 0 saturated heterocycles. The molecule has 0 radical (unpaired) electrons. The van der Waals surface area contributed by atoms with Gasteiger partial charge in [0.05, 0.1) is 0 Å². The zero-order valence-corrected chi connectivity index (χ0v) is 10.2. The molecule has 1 heterocycles. The van der Waals surface area contributed by atoms with E-state index in [4.69, 9.17) is 0 Å². The van der Waals surface area contributed by atoms with E-state index in [9.17, 15) is 4.79 Å². The van der Waals surface area contributed by atoms with Gasteiger partial charge in [-0.3, -0.25) is 9.48 Å². The summed E-state index contributed by atoms with van der Waals surface area (Å²) in [7, 11) is 5.73. The van der Waals surface area contributed by atoms with Crippen LogP contribution in [-0.4, -0.2) is 29.7 Å². The van der Waals surface area contributed by atoms with E-state index in [1.807, 2.05) is 43.3 Å². The van der Waals surface area contributed by atoms with Crippen molar-refractivity contribution in [2.24, 2.45) is 7.05 Å². The molecule has 2 rings (SSSR count). The SMILES string of the molecule is CN(C)c1ccc(C(=O)c2ccn(C)n2)cc1. The molecule has 0 N–H and O–H groups in total. The third-order valence-electron chi connectivity index (χ3n) is 2.59. The number of nitrogens with zero attached hydrogens (tertiary/aromatic N) is 3. The largest absolute Gasteiger partial charge is 0.378 e. The maximum atomic E-state index is 12.1. The van der Waals surface area contributed by atoms with Crippen molar-refractivity contribution in [2.75, 3.05) is 19.0 Å². The lowest BCUT2D eigenvalue weighted by Crippen LogP contribution is -2.09. The Hall–Kier alpha value is -2.10. The molecule has 1 aromatic heterocycles. The van der Waals surface area contributed by atoms with Crippen LogP contribution in [0.15, 0.2) is 36.5 Å². The molecule has 0 atom stereocenters. The van der Waals surface area contributed by atoms with Gasteiger partial charge in [0.25, 0.3) is 0 Å². The Labute approximate surface area is 100 Å². The molecular weight excluding hydrogens is 214 g/mol. The highest BCUT2D eigenvalue weighted by atomic mass is 16.1. The van der Waals surface area contributed by atoms with E-state index in [1.54, 1.807) is 24.0 Å². The Morgan fingerprint density at radius 1 is 1.18 bits per heavy atom. The molecule has 2 aromatic rings. The van der Waals surface area contributed by atoms with E-state index in [0.29, 0.717) is 11.3 Å². The van der Waals surface area contributed by atoms with Crippen molar-refractivity contribution in [3.05, 3.63) is 47.8 Å². The average molecular weight is 229 g/mol. The number of aromatic nitrogens is 2. The second-order valence-corrected chi connectivity index (χ2v) is 4.15. The van der Waals surface area contributed by atoms with Gasteiger partial charge in [0.15, 0.2) is 0 Å². The molecule has 4 nitrogen and oxygen atoms in total. The minimum absolute atomic E-state index is 0.0455. The van der Waals surface area contributed by atoms with Crippen LogP contribution < -0.4 is 4.90 Å². The van der Waals surface area contributed by atoms with Gasteiger partial charge in [0, 0.05) is 38.6 Å². The van der Waals surface area contributed by atoms with Crippen molar-refractivity contribution in [3.8, 4) is 0 Å². The van der Waals surface area contributed by atoms with E-state index in [0.717, 1.165) is 5.69 Å². The number of aryl methyl sites for hydroxylation is 1. The van der Waals surface area contributed by atoms with E-state index >= 15 is 0 Å². The van der Waals surface area contributed by atoms with Gasteiger partial charge in [-0.15, -0.1) is 0 Å². The predicted octanol–water partition coefficient (Wildman–Crippen LogP) is 1.72. The van der Waals surface area contributed by atoms with Crippen molar-refractivity contribution >= 4 is 11.5 Å². The normalized spacial score (nSPS) is 10.3. The first-order chi connectivity index (χ1) is 8.08. The summed E-state index contributed by atoms with van der Waals surface area (Å²) in [5, 5.41) is 4.10. The summed E-state index contributed by atoms with van der Waals surface area (Å²) in [5.74, 6) is -0.0455. The number of ketones is 1. The molecule has 0 spiro atoms. The van der Waals surface area contributed by atoms with Crippen molar-refractivity contribution in [1.29, 1.82) is 0 Å². The zero-order valence-electron chi connectivity index (χ0n) is 10.2. The van der Waals surface area contributed by atoms with Gasteiger partial charge in [0.1, 0.15) is 5.69 Å². The molecule has 4 heteroatoms. The number of anilines is 1. The molecule has 0 unspecified atom stereocenters. The molecule has 0 aliphatic heterocycles.